The maximum Gasteiger partial charge on any atom is 0.126 e. The number of thiazole rings is 1. The summed E-state index contributed by atoms with van der Waals surface area (Å²) in [7, 11) is 0. The highest BCUT2D eigenvalue weighted by Crippen LogP contribution is 2.25. The molecule has 16 heavy (non-hydrogen) atoms. The van der Waals surface area contributed by atoms with Crippen molar-refractivity contribution in [3.63, 3.8) is 0 Å². The summed E-state index contributed by atoms with van der Waals surface area (Å²) in [5, 5.41) is 10.7. The van der Waals surface area contributed by atoms with Gasteiger partial charge in [0.1, 0.15) is 16.6 Å². The van der Waals surface area contributed by atoms with Crippen LogP contribution in [0, 0.1) is 23.0 Å². The van der Waals surface area contributed by atoms with Gasteiger partial charge in [0, 0.05) is 17.0 Å². The van der Waals surface area contributed by atoms with E-state index in [-0.39, 0.29) is 6.42 Å². The van der Waals surface area contributed by atoms with Gasteiger partial charge >= 0.3 is 0 Å². The zero-order chi connectivity index (χ0) is 11.5. The van der Waals surface area contributed by atoms with Crippen LogP contribution in [0.4, 0.5) is 8.78 Å². The van der Waals surface area contributed by atoms with Gasteiger partial charge in [0.2, 0.25) is 0 Å². The predicted octanol–water partition coefficient (Wildman–Crippen LogP) is 3.15. The molecular formula is C11H6F2N2S. The fourth-order valence-corrected chi connectivity index (χ4v) is 2.09. The highest BCUT2D eigenvalue weighted by atomic mass is 32.1. The Bertz CT molecular complexity index is 537. The molecule has 0 radical (unpaired) electrons. The van der Waals surface area contributed by atoms with E-state index < -0.39 is 11.6 Å². The summed E-state index contributed by atoms with van der Waals surface area (Å²) < 4.78 is 25.9. The largest absolute Gasteiger partial charge is 0.240 e. The quantitative estimate of drug-likeness (QED) is 0.803. The minimum atomic E-state index is -0.632. The Morgan fingerprint density at radius 2 is 1.94 bits per heavy atom. The predicted molar refractivity (Wildman–Crippen MR) is 56.8 cm³/mol. The first-order valence-corrected chi connectivity index (χ1v) is 5.35. The van der Waals surface area contributed by atoms with Crippen molar-refractivity contribution in [2.75, 3.05) is 0 Å². The van der Waals surface area contributed by atoms with Gasteiger partial charge in [-0.05, 0) is 12.1 Å². The lowest BCUT2D eigenvalue weighted by molar-refractivity contribution is 0.584. The Balaban J connectivity index is 2.39. The van der Waals surface area contributed by atoms with Crippen molar-refractivity contribution >= 4 is 11.3 Å². The first-order chi connectivity index (χ1) is 7.69. The van der Waals surface area contributed by atoms with Gasteiger partial charge in [-0.15, -0.1) is 11.3 Å². The van der Waals surface area contributed by atoms with Crippen molar-refractivity contribution in [3.05, 3.63) is 40.9 Å². The average molecular weight is 236 g/mol. The van der Waals surface area contributed by atoms with E-state index in [1.807, 2.05) is 6.07 Å². The third kappa shape index (κ3) is 2.23. The molecule has 0 saturated carbocycles. The van der Waals surface area contributed by atoms with Crippen LogP contribution < -0.4 is 0 Å². The summed E-state index contributed by atoms with van der Waals surface area (Å²) in [6, 6.07) is 5.22. The standard InChI is InChI=1S/C11H6F2N2S/c12-8-3-7(4-9(13)5-8)11-15-10(1-2-14)6-16-11/h3-6H,1H2. The Kier molecular flexibility index (Phi) is 2.93. The maximum atomic E-state index is 13.0. The van der Waals surface area contributed by atoms with Gasteiger partial charge < -0.3 is 0 Å². The lowest BCUT2D eigenvalue weighted by Crippen LogP contribution is -1.85. The van der Waals surface area contributed by atoms with Gasteiger partial charge in [-0.1, -0.05) is 0 Å². The van der Waals surface area contributed by atoms with Crippen LogP contribution in [-0.2, 0) is 6.42 Å². The Morgan fingerprint density at radius 1 is 1.25 bits per heavy atom. The molecule has 2 rings (SSSR count). The highest BCUT2D eigenvalue weighted by Gasteiger charge is 2.07. The smallest absolute Gasteiger partial charge is 0.126 e. The van der Waals surface area contributed by atoms with E-state index >= 15 is 0 Å². The second kappa shape index (κ2) is 4.37. The summed E-state index contributed by atoms with van der Waals surface area (Å²) in [6.07, 6.45) is 0.203. The van der Waals surface area contributed by atoms with Gasteiger partial charge in [0.25, 0.3) is 0 Å². The SMILES string of the molecule is N#CCc1csc(-c2cc(F)cc(F)c2)n1. The lowest BCUT2D eigenvalue weighted by atomic mass is 10.2. The fraction of sp³-hybridized carbons (Fsp3) is 0.0909. The number of benzene rings is 1. The lowest BCUT2D eigenvalue weighted by Gasteiger charge is -1.97. The topological polar surface area (TPSA) is 36.7 Å². The van der Waals surface area contributed by atoms with E-state index in [1.165, 1.54) is 23.5 Å². The molecule has 0 spiro atoms. The molecule has 0 amide bonds. The fourth-order valence-electron chi connectivity index (χ4n) is 1.28. The highest BCUT2D eigenvalue weighted by molar-refractivity contribution is 7.13. The van der Waals surface area contributed by atoms with E-state index in [9.17, 15) is 8.78 Å². The van der Waals surface area contributed by atoms with Crippen molar-refractivity contribution in [2.24, 2.45) is 0 Å². The van der Waals surface area contributed by atoms with E-state index in [0.717, 1.165) is 6.07 Å². The molecule has 0 saturated heterocycles. The van der Waals surface area contributed by atoms with Gasteiger partial charge in [-0.25, -0.2) is 13.8 Å². The zero-order valence-corrected chi connectivity index (χ0v) is 8.89. The summed E-state index contributed by atoms with van der Waals surface area (Å²) in [5.41, 5.74) is 1.01. The molecule has 0 fully saturated rings. The molecule has 0 unspecified atom stereocenters. The van der Waals surface area contributed by atoms with Gasteiger partial charge in [-0.3, -0.25) is 0 Å². The molecule has 0 aliphatic heterocycles. The van der Waals surface area contributed by atoms with Crippen molar-refractivity contribution in [2.45, 2.75) is 6.42 Å². The number of nitrogens with zero attached hydrogens (tertiary/aromatic N) is 2. The Labute approximate surface area is 94.8 Å². The summed E-state index contributed by atoms with van der Waals surface area (Å²) in [6.45, 7) is 0. The average Bonchev–Trinajstić information content (AvgIpc) is 2.65. The molecule has 0 N–H and O–H groups in total. The Morgan fingerprint density at radius 3 is 2.56 bits per heavy atom. The molecule has 80 valence electrons. The molecule has 2 aromatic rings. The molecule has 1 heterocycles. The third-order valence-electron chi connectivity index (χ3n) is 1.92. The van der Waals surface area contributed by atoms with Crippen molar-refractivity contribution in [1.29, 1.82) is 5.26 Å². The monoisotopic (exact) mass is 236 g/mol. The van der Waals surface area contributed by atoms with Crippen LogP contribution >= 0.6 is 11.3 Å². The third-order valence-corrected chi connectivity index (χ3v) is 2.86. The maximum absolute atomic E-state index is 13.0. The minimum Gasteiger partial charge on any atom is -0.240 e. The molecule has 0 aliphatic rings. The summed E-state index contributed by atoms with van der Waals surface area (Å²) in [5.74, 6) is -1.26. The molecular weight excluding hydrogens is 230 g/mol. The summed E-state index contributed by atoms with van der Waals surface area (Å²) >= 11 is 1.26. The van der Waals surface area contributed by atoms with Gasteiger partial charge in [0.15, 0.2) is 0 Å². The number of hydrogen-bond donors (Lipinski definition) is 0. The summed E-state index contributed by atoms with van der Waals surface area (Å²) in [4.78, 5) is 4.12. The first-order valence-electron chi connectivity index (χ1n) is 4.47. The van der Waals surface area contributed by atoms with Crippen molar-refractivity contribution in [3.8, 4) is 16.6 Å². The molecule has 5 heteroatoms. The minimum absolute atomic E-state index is 0.203. The molecule has 0 bridgehead atoms. The normalized spacial score (nSPS) is 10.1. The van der Waals surface area contributed by atoms with Gasteiger partial charge in [-0.2, -0.15) is 5.26 Å². The molecule has 1 aromatic carbocycles. The van der Waals surface area contributed by atoms with Crippen LogP contribution in [0.3, 0.4) is 0 Å². The van der Waals surface area contributed by atoms with E-state index in [0.29, 0.717) is 16.3 Å². The number of nitriles is 1. The van der Waals surface area contributed by atoms with E-state index in [1.54, 1.807) is 5.38 Å². The van der Waals surface area contributed by atoms with Crippen LogP contribution in [0.15, 0.2) is 23.6 Å². The number of hydrogen-bond acceptors (Lipinski definition) is 3. The van der Waals surface area contributed by atoms with Crippen LogP contribution in [0.5, 0.6) is 0 Å². The second-order valence-electron chi connectivity index (χ2n) is 3.14. The zero-order valence-electron chi connectivity index (χ0n) is 8.08. The second-order valence-corrected chi connectivity index (χ2v) is 4.00. The molecule has 2 nitrogen and oxygen atoms in total. The molecule has 0 atom stereocenters. The number of halogens is 2. The van der Waals surface area contributed by atoms with Crippen molar-refractivity contribution in [1.82, 2.24) is 4.98 Å². The Hall–Kier alpha value is -1.80. The van der Waals surface area contributed by atoms with Crippen LogP contribution in [0.1, 0.15) is 5.69 Å². The van der Waals surface area contributed by atoms with E-state index in [4.69, 9.17) is 5.26 Å². The van der Waals surface area contributed by atoms with Crippen LogP contribution in [0.25, 0.3) is 10.6 Å². The first kappa shape index (κ1) is 10.7. The van der Waals surface area contributed by atoms with Crippen molar-refractivity contribution < 1.29 is 8.78 Å². The van der Waals surface area contributed by atoms with E-state index in [2.05, 4.69) is 4.98 Å². The molecule has 1 aromatic heterocycles. The van der Waals surface area contributed by atoms with Crippen LogP contribution in [0.2, 0.25) is 0 Å². The van der Waals surface area contributed by atoms with Crippen LogP contribution in [-0.4, -0.2) is 4.98 Å². The number of rotatable bonds is 2. The molecule has 0 aliphatic carbocycles. The number of aromatic nitrogens is 1. The van der Waals surface area contributed by atoms with Gasteiger partial charge in [0.05, 0.1) is 18.2 Å².